The number of aromatic nitrogens is 4. The molecule has 2 aromatic heterocycles. The lowest BCUT2D eigenvalue weighted by Crippen LogP contribution is -2.03. The number of nitrogens with zero attached hydrogens (tertiary/aromatic N) is 4. The van der Waals surface area contributed by atoms with E-state index in [9.17, 15) is 0 Å². The van der Waals surface area contributed by atoms with Gasteiger partial charge in [0.25, 0.3) is 0 Å². The van der Waals surface area contributed by atoms with Crippen molar-refractivity contribution in [3.8, 4) is 11.5 Å². The zero-order valence-corrected chi connectivity index (χ0v) is 17.2. The van der Waals surface area contributed by atoms with Crippen LogP contribution < -0.4 is 9.47 Å². The van der Waals surface area contributed by atoms with E-state index in [1.807, 2.05) is 24.3 Å². The first-order valence-electron chi connectivity index (χ1n) is 9.38. The van der Waals surface area contributed by atoms with Gasteiger partial charge in [0.05, 0.1) is 25.3 Å². The van der Waals surface area contributed by atoms with Crippen molar-refractivity contribution in [3.05, 3.63) is 66.6 Å². The molecule has 4 aromatic rings. The molecule has 4 rings (SSSR count). The summed E-state index contributed by atoms with van der Waals surface area (Å²) in [7, 11) is 3.32. The molecule has 0 unspecified atom stereocenters. The molecular weight excluding hydrogens is 384 g/mol. The van der Waals surface area contributed by atoms with E-state index in [0.29, 0.717) is 0 Å². The van der Waals surface area contributed by atoms with Gasteiger partial charge in [-0.1, -0.05) is 30.3 Å². The molecule has 2 aromatic carbocycles. The lowest BCUT2D eigenvalue weighted by atomic mass is 10.1. The SMILES string of the molecule is COc1ccc(OC)c(Sc2nc3cncnc3n2CCCc2ccccc2)c1. The number of rotatable bonds is 8. The molecule has 148 valence electrons. The van der Waals surface area contributed by atoms with Crippen LogP contribution in [0.15, 0.2) is 71.1 Å². The molecule has 0 aliphatic heterocycles. The number of fused-ring (bicyclic) bond motifs is 1. The van der Waals surface area contributed by atoms with Crippen molar-refractivity contribution >= 4 is 22.9 Å². The Bertz CT molecular complexity index is 1100. The van der Waals surface area contributed by atoms with Gasteiger partial charge in [-0.05, 0) is 48.4 Å². The van der Waals surface area contributed by atoms with E-state index in [-0.39, 0.29) is 0 Å². The van der Waals surface area contributed by atoms with E-state index in [2.05, 4.69) is 38.8 Å². The largest absolute Gasteiger partial charge is 0.497 e. The van der Waals surface area contributed by atoms with Crippen LogP contribution in [0.4, 0.5) is 0 Å². The summed E-state index contributed by atoms with van der Waals surface area (Å²) in [6, 6.07) is 16.3. The zero-order valence-electron chi connectivity index (χ0n) is 16.4. The molecule has 0 saturated carbocycles. The highest BCUT2D eigenvalue weighted by atomic mass is 32.2. The first-order valence-corrected chi connectivity index (χ1v) is 10.2. The van der Waals surface area contributed by atoms with Crippen LogP contribution >= 0.6 is 11.8 Å². The molecule has 0 aliphatic carbocycles. The van der Waals surface area contributed by atoms with Gasteiger partial charge < -0.3 is 14.0 Å². The predicted octanol–water partition coefficient (Wildman–Crippen LogP) is 4.63. The normalized spacial score (nSPS) is 11.0. The maximum atomic E-state index is 5.53. The molecule has 0 radical (unpaired) electrons. The third kappa shape index (κ3) is 4.35. The predicted molar refractivity (Wildman–Crippen MR) is 114 cm³/mol. The topological polar surface area (TPSA) is 62.1 Å². The van der Waals surface area contributed by atoms with Gasteiger partial charge in [-0.15, -0.1) is 0 Å². The second-order valence-corrected chi connectivity index (χ2v) is 7.49. The molecular formula is C22H22N4O2S. The summed E-state index contributed by atoms with van der Waals surface area (Å²) in [5.41, 5.74) is 2.96. The summed E-state index contributed by atoms with van der Waals surface area (Å²) in [5, 5.41) is 0.861. The Hall–Kier alpha value is -3.06. The van der Waals surface area contributed by atoms with Gasteiger partial charge in [0.15, 0.2) is 10.8 Å². The molecule has 0 bridgehead atoms. The van der Waals surface area contributed by atoms with Crippen molar-refractivity contribution in [2.45, 2.75) is 29.4 Å². The van der Waals surface area contributed by atoms with E-state index in [1.54, 1.807) is 38.5 Å². The van der Waals surface area contributed by atoms with Crippen molar-refractivity contribution in [2.24, 2.45) is 0 Å². The number of ether oxygens (including phenoxy) is 2. The summed E-state index contributed by atoms with van der Waals surface area (Å²) in [6.45, 7) is 0.816. The Labute approximate surface area is 173 Å². The van der Waals surface area contributed by atoms with Gasteiger partial charge in [-0.2, -0.15) is 0 Å². The second kappa shape index (κ2) is 8.96. The van der Waals surface area contributed by atoms with Gasteiger partial charge in [0.2, 0.25) is 0 Å². The molecule has 0 spiro atoms. The van der Waals surface area contributed by atoms with Crippen LogP contribution in [0, 0.1) is 0 Å². The standard InChI is InChI=1S/C22H22N4O2S/c1-27-17-10-11-19(28-2)20(13-17)29-22-25-18-14-23-15-24-21(18)26(22)12-6-9-16-7-4-3-5-8-16/h3-5,7-8,10-11,13-15H,6,9,12H2,1-2H3. The van der Waals surface area contributed by atoms with Gasteiger partial charge in [0.1, 0.15) is 23.3 Å². The highest BCUT2D eigenvalue weighted by Crippen LogP contribution is 2.38. The number of benzene rings is 2. The molecule has 0 saturated heterocycles. The molecule has 0 amide bonds. The summed E-state index contributed by atoms with van der Waals surface area (Å²) < 4.78 is 13.1. The third-order valence-electron chi connectivity index (χ3n) is 4.64. The zero-order chi connectivity index (χ0) is 20.1. The van der Waals surface area contributed by atoms with E-state index in [4.69, 9.17) is 14.5 Å². The highest BCUT2D eigenvalue weighted by molar-refractivity contribution is 7.99. The third-order valence-corrected chi connectivity index (χ3v) is 5.67. The Morgan fingerprint density at radius 1 is 1.03 bits per heavy atom. The van der Waals surface area contributed by atoms with Crippen LogP contribution in [0.5, 0.6) is 11.5 Å². The summed E-state index contributed by atoms with van der Waals surface area (Å²) in [5.74, 6) is 1.56. The van der Waals surface area contributed by atoms with Gasteiger partial charge in [-0.25, -0.2) is 15.0 Å². The Morgan fingerprint density at radius 3 is 2.69 bits per heavy atom. The average Bonchev–Trinajstić information content (AvgIpc) is 3.11. The molecule has 0 fully saturated rings. The maximum Gasteiger partial charge on any atom is 0.175 e. The van der Waals surface area contributed by atoms with Gasteiger partial charge >= 0.3 is 0 Å². The van der Waals surface area contributed by atoms with Crippen molar-refractivity contribution in [2.75, 3.05) is 14.2 Å². The second-order valence-electron chi connectivity index (χ2n) is 6.49. The van der Waals surface area contributed by atoms with Crippen LogP contribution in [-0.2, 0) is 13.0 Å². The highest BCUT2D eigenvalue weighted by Gasteiger charge is 2.16. The van der Waals surface area contributed by atoms with Crippen LogP contribution in [-0.4, -0.2) is 33.7 Å². The number of methoxy groups -OCH3 is 2. The van der Waals surface area contributed by atoms with Crippen molar-refractivity contribution < 1.29 is 9.47 Å². The first-order chi connectivity index (χ1) is 14.3. The number of aryl methyl sites for hydroxylation is 2. The minimum absolute atomic E-state index is 0.778. The van der Waals surface area contributed by atoms with Crippen molar-refractivity contribution in [3.63, 3.8) is 0 Å². The van der Waals surface area contributed by atoms with E-state index >= 15 is 0 Å². The monoisotopic (exact) mass is 406 g/mol. The van der Waals surface area contributed by atoms with Gasteiger partial charge in [-0.3, -0.25) is 0 Å². The minimum Gasteiger partial charge on any atom is -0.497 e. The fourth-order valence-corrected chi connectivity index (χ4v) is 4.24. The van der Waals surface area contributed by atoms with E-state index < -0.39 is 0 Å². The van der Waals surface area contributed by atoms with Gasteiger partial charge in [0, 0.05) is 6.54 Å². The summed E-state index contributed by atoms with van der Waals surface area (Å²) in [6.07, 6.45) is 5.31. The molecule has 7 heteroatoms. The Balaban J connectivity index is 1.63. The Kier molecular flexibility index (Phi) is 5.95. The lowest BCUT2D eigenvalue weighted by Gasteiger charge is -2.11. The number of hydrogen-bond acceptors (Lipinski definition) is 6. The maximum absolute atomic E-state index is 5.53. The molecule has 6 nitrogen and oxygen atoms in total. The van der Waals surface area contributed by atoms with Crippen LogP contribution in [0.2, 0.25) is 0 Å². The van der Waals surface area contributed by atoms with Crippen molar-refractivity contribution in [1.82, 2.24) is 19.5 Å². The average molecular weight is 407 g/mol. The first kappa shape index (κ1) is 19.3. The van der Waals surface area contributed by atoms with Crippen LogP contribution in [0.25, 0.3) is 11.2 Å². The fourth-order valence-electron chi connectivity index (χ4n) is 3.18. The molecule has 0 N–H and O–H groups in total. The van der Waals surface area contributed by atoms with E-state index in [1.165, 1.54) is 5.56 Å². The lowest BCUT2D eigenvalue weighted by molar-refractivity contribution is 0.394. The molecule has 0 aliphatic rings. The molecule has 0 atom stereocenters. The minimum atomic E-state index is 0.778. The van der Waals surface area contributed by atoms with Crippen LogP contribution in [0.1, 0.15) is 12.0 Å². The summed E-state index contributed by atoms with van der Waals surface area (Å²) >= 11 is 1.55. The number of hydrogen-bond donors (Lipinski definition) is 0. The Morgan fingerprint density at radius 2 is 1.90 bits per heavy atom. The van der Waals surface area contributed by atoms with Crippen molar-refractivity contribution in [1.29, 1.82) is 0 Å². The fraction of sp³-hybridized carbons (Fsp3) is 0.227. The van der Waals surface area contributed by atoms with E-state index in [0.717, 1.165) is 52.1 Å². The quantitative estimate of drug-likeness (QED) is 0.425. The number of imidazole rings is 1. The summed E-state index contributed by atoms with van der Waals surface area (Å²) in [4.78, 5) is 14.3. The van der Waals surface area contributed by atoms with Crippen LogP contribution in [0.3, 0.4) is 0 Å². The molecule has 2 heterocycles. The molecule has 29 heavy (non-hydrogen) atoms. The smallest absolute Gasteiger partial charge is 0.175 e.